The Labute approximate surface area is 224 Å². The fraction of sp³-hybridized carbons (Fsp3) is 0.417. The highest BCUT2D eigenvalue weighted by Gasteiger charge is 2.32. The summed E-state index contributed by atoms with van der Waals surface area (Å²) in [6.07, 6.45) is 2.33. The van der Waals surface area contributed by atoms with E-state index >= 15 is 0 Å². The molecular formula is C24H30N6O6S2. The Morgan fingerprint density at radius 2 is 1.92 bits per heavy atom. The number of pyridine rings is 1. The Morgan fingerprint density at radius 1 is 1.21 bits per heavy atom. The van der Waals surface area contributed by atoms with Crippen LogP contribution in [0, 0.1) is 0 Å². The van der Waals surface area contributed by atoms with E-state index in [1.165, 1.54) is 30.7 Å². The standard InChI is InChI=1S/C24H30N6O6S2/c1-14-10-29(11-15(2)36-14)20-7-5-6-18(26-20)19-13-37-24(27-19)28-23(32)17(12-35-3)21-16(22(25)31)8-9-30(21)38(4,33)34/h5-9,13-15,17H,10-12H2,1-4H3,(H2,25,31)(H,27,28,32)/t14-,15+,17-/m1/s1. The van der Waals surface area contributed by atoms with Crippen LogP contribution in [-0.2, 0) is 24.3 Å². The lowest BCUT2D eigenvalue weighted by Crippen LogP contribution is -2.45. The minimum atomic E-state index is -3.83. The van der Waals surface area contributed by atoms with Gasteiger partial charge in [0, 0.05) is 31.8 Å². The summed E-state index contributed by atoms with van der Waals surface area (Å²) in [4.78, 5) is 36.8. The van der Waals surface area contributed by atoms with E-state index in [1.807, 2.05) is 32.0 Å². The molecule has 4 heterocycles. The third kappa shape index (κ3) is 6.04. The number of methoxy groups -OCH3 is 1. The molecule has 0 unspecified atom stereocenters. The molecule has 0 bridgehead atoms. The molecular weight excluding hydrogens is 532 g/mol. The Hall–Kier alpha value is -3.33. The third-order valence-electron chi connectivity index (χ3n) is 5.97. The van der Waals surface area contributed by atoms with Crippen molar-refractivity contribution in [2.45, 2.75) is 32.0 Å². The average molecular weight is 563 g/mol. The summed E-state index contributed by atoms with van der Waals surface area (Å²) < 4.78 is 36.5. The Kier molecular flexibility index (Phi) is 8.16. The molecule has 1 saturated heterocycles. The van der Waals surface area contributed by atoms with Gasteiger partial charge in [-0.15, -0.1) is 11.3 Å². The topological polar surface area (TPSA) is 159 Å². The number of ether oxygens (including phenoxy) is 2. The molecule has 3 aromatic rings. The molecule has 0 radical (unpaired) electrons. The lowest BCUT2D eigenvalue weighted by Gasteiger charge is -2.36. The number of nitrogens with two attached hydrogens (primary N) is 1. The number of rotatable bonds is 9. The van der Waals surface area contributed by atoms with Crippen molar-refractivity contribution in [3.63, 3.8) is 0 Å². The van der Waals surface area contributed by atoms with Gasteiger partial charge in [-0.05, 0) is 32.0 Å². The number of nitrogens with one attached hydrogen (secondary N) is 1. The Balaban J connectivity index is 1.58. The largest absolute Gasteiger partial charge is 0.383 e. The van der Waals surface area contributed by atoms with Gasteiger partial charge in [0.1, 0.15) is 17.4 Å². The van der Waals surface area contributed by atoms with E-state index in [0.29, 0.717) is 11.4 Å². The molecule has 1 aliphatic rings. The van der Waals surface area contributed by atoms with E-state index < -0.39 is 27.8 Å². The molecule has 2 amide bonds. The predicted molar refractivity (Wildman–Crippen MR) is 144 cm³/mol. The number of primary amides is 1. The lowest BCUT2D eigenvalue weighted by atomic mass is 10.0. The van der Waals surface area contributed by atoms with E-state index in [9.17, 15) is 18.0 Å². The molecule has 4 rings (SSSR count). The van der Waals surface area contributed by atoms with E-state index in [0.717, 1.165) is 29.1 Å². The number of amides is 2. The quantitative estimate of drug-likeness (QED) is 0.397. The molecule has 0 saturated carbocycles. The van der Waals surface area contributed by atoms with Gasteiger partial charge < -0.3 is 25.4 Å². The van der Waals surface area contributed by atoms with Gasteiger partial charge in [0.25, 0.3) is 5.91 Å². The van der Waals surface area contributed by atoms with Crippen molar-refractivity contribution in [3.05, 3.63) is 47.1 Å². The van der Waals surface area contributed by atoms with E-state index in [2.05, 4.69) is 15.2 Å². The first-order valence-corrected chi connectivity index (χ1v) is 14.6. The van der Waals surface area contributed by atoms with Gasteiger partial charge in [-0.3, -0.25) is 9.59 Å². The van der Waals surface area contributed by atoms with Gasteiger partial charge in [-0.2, -0.15) is 0 Å². The second-order valence-electron chi connectivity index (χ2n) is 9.12. The Morgan fingerprint density at radius 3 is 2.55 bits per heavy atom. The van der Waals surface area contributed by atoms with Gasteiger partial charge in [-0.1, -0.05) is 6.07 Å². The van der Waals surface area contributed by atoms with Crippen LogP contribution in [0.25, 0.3) is 11.4 Å². The smallest absolute Gasteiger partial charge is 0.250 e. The summed E-state index contributed by atoms with van der Waals surface area (Å²) in [7, 11) is -2.46. The van der Waals surface area contributed by atoms with Crippen molar-refractivity contribution in [2.75, 3.05) is 43.3 Å². The van der Waals surface area contributed by atoms with Crippen molar-refractivity contribution in [1.29, 1.82) is 0 Å². The Bertz CT molecular complexity index is 1430. The maximum absolute atomic E-state index is 13.3. The highest BCUT2D eigenvalue weighted by atomic mass is 32.2. The molecule has 0 aromatic carbocycles. The number of carbonyl (C=O) groups excluding carboxylic acids is 2. The fourth-order valence-electron chi connectivity index (χ4n) is 4.46. The monoisotopic (exact) mass is 562 g/mol. The summed E-state index contributed by atoms with van der Waals surface area (Å²) in [6, 6.07) is 6.94. The summed E-state index contributed by atoms with van der Waals surface area (Å²) in [5.41, 5.74) is 6.52. The molecule has 3 atom stereocenters. The molecule has 14 heteroatoms. The molecule has 0 aliphatic carbocycles. The first-order chi connectivity index (χ1) is 18.0. The van der Waals surface area contributed by atoms with Gasteiger partial charge >= 0.3 is 0 Å². The number of carbonyl (C=O) groups is 2. The van der Waals surface area contributed by atoms with E-state index in [1.54, 1.807) is 5.38 Å². The van der Waals surface area contributed by atoms with Gasteiger partial charge in [0.05, 0.1) is 42.0 Å². The molecule has 3 aromatic heterocycles. The molecule has 12 nitrogen and oxygen atoms in total. The van der Waals surface area contributed by atoms with Crippen LogP contribution in [0.3, 0.4) is 0 Å². The van der Waals surface area contributed by atoms with Crippen molar-refractivity contribution < 1.29 is 27.5 Å². The zero-order valence-electron chi connectivity index (χ0n) is 21.4. The van der Waals surface area contributed by atoms with Crippen LogP contribution in [0.1, 0.15) is 35.8 Å². The highest BCUT2D eigenvalue weighted by molar-refractivity contribution is 7.89. The molecule has 204 valence electrons. The summed E-state index contributed by atoms with van der Waals surface area (Å²) >= 11 is 1.19. The summed E-state index contributed by atoms with van der Waals surface area (Å²) in [6.45, 7) is 5.31. The zero-order chi connectivity index (χ0) is 27.6. The van der Waals surface area contributed by atoms with Crippen LogP contribution < -0.4 is 16.0 Å². The predicted octanol–water partition coefficient (Wildman–Crippen LogP) is 1.90. The number of thiazole rings is 1. The average Bonchev–Trinajstić information content (AvgIpc) is 3.49. The third-order valence-corrected chi connectivity index (χ3v) is 7.76. The molecule has 38 heavy (non-hydrogen) atoms. The van der Waals surface area contributed by atoms with Crippen molar-refractivity contribution in [1.82, 2.24) is 13.9 Å². The van der Waals surface area contributed by atoms with Crippen LogP contribution in [0.2, 0.25) is 0 Å². The first-order valence-electron chi connectivity index (χ1n) is 11.8. The van der Waals surface area contributed by atoms with E-state index in [4.69, 9.17) is 20.2 Å². The van der Waals surface area contributed by atoms with Crippen molar-refractivity contribution in [2.24, 2.45) is 5.73 Å². The summed E-state index contributed by atoms with van der Waals surface area (Å²) in [5.74, 6) is -1.80. The fourth-order valence-corrected chi connectivity index (χ4v) is 6.03. The first kappa shape index (κ1) is 27.7. The molecule has 0 spiro atoms. The highest BCUT2D eigenvalue weighted by Crippen LogP contribution is 2.29. The molecule has 1 aliphatic heterocycles. The van der Waals surface area contributed by atoms with Crippen LogP contribution in [0.4, 0.5) is 10.9 Å². The van der Waals surface area contributed by atoms with Crippen LogP contribution in [0.15, 0.2) is 35.8 Å². The minimum absolute atomic E-state index is 0.0699. The van der Waals surface area contributed by atoms with E-state index in [-0.39, 0.29) is 35.2 Å². The van der Waals surface area contributed by atoms with Gasteiger partial charge in [-0.25, -0.2) is 22.4 Å². The van der Waals surface area contributed by atoms with Crippen LogP contribution >= 0.6 is 11.3 Å². The number of anilines is 2. The second kappa shape index (κ2) is 11.2. The van der Waals surface area contributed by atoms with Crippen LogP contribution in [0.5, 0.6) is 0 Å². The number of hydrogen-bond acceptors (Lipinski definition) is 10. The molecule has 1 fully saturated rings. The maximum Gasteiger partial charge on any atom is 0.250 e. The van der Waals surface area contributed by atoms with Gasteiger partial charge in [0.2, 0.25) is 15.9 Å². The molecule has 3 N–H and O–H groups in total. The normalized spacial score (nSPS) is 18.8. The lowest BCUT2D eigenvalue weighted by molar-refractivity contribution is -0.118. The summed E-state index contributed by atoms with van der Waals surface area (Å²) in [5, 5.41) is 4.77. The maximum atomic E-state index is 13.3. The van der Waals surface area contributed by atoms with Crippen LogP contribution in [-0.4, -0.2) is 79.4 Å². The second-order valence-corrected chi connectivity index (χ2v) is 11.8. The zero-order valence-corrected chi connectivity index (χ0v) is 23.1. The van der Waals surface area contributed by atoms with Crippen molar-refractivity contribution >= 4 is 44.1 Å². The number of nitrogens with zero attached hydrogens (tertiary/aromatic N) is 4. The number of aromatic nitrogens is 3. The number of hydrogen-bond donors (Lipinski definition) is 2. The number of morpholine rings is 1. The minimum Gasteiger partial charge on any atom is -0.383 e. The SMILES string of the molecule is COC[C@@H](C(=O)Nc1nc(-c2cccc(N3C[C@@H](C)O[C@@H](C)C3)n2)cs1)c1c(C(N)=O)ccn1S(C)(=O)=O. The van der Waals surface area contributed by atoms with Gasteiger partial charge in [0.15, 0.2) is 5.13 Å². The van der Waals surface area contributed by atoms with Crippen molar-refractivity contribution in [3.8, 4) is 11.4 Å².